The molecule has 0 saturated carbocycles. The minimum Gasteiger partial charge on any atom is -0.369 e. The van der Waals surface area contributed by atoms with Crippen LogP contribution in [0.15, 0.2) is 11.6 Å². The van der Waals surface area contributed by atoms with Crippen molar-refractivity contribution in [2.45, 2.75) is 26.3 Å². The van der Waals surface area contributed by atoms with Gasteiger partial charge >= 0.3 is 5.82 Å². The Morgan fingerprint density at radius 1 is 1.00 bits per heavy atom. The molecular weight excluding hydrogens is 280 g/mol. The number of rotatable bonds is 2. The van der Waals surface area contributed by atoms with E-state index in [4.69, 9.17) is 0 Å². The highest BCUT2D eigenvalue weighted by Crippen LogP contribution is 2.30. The van der Waals surface area contributed by atoms with E-state index in [-0.39, 0.29) is 9.80 Å². The van der Waals surface area contributed by atoms with Gasteiger partial charge in [0.05, 0.1) is 0 Å². The minimum absolute atomic E-state index is 0.215. The molecule has 110 valence electrons. The Morgan fingerprint density at radius 2 is 1.30 bits per heavy atom. The van der Waals surface area contributed by atoms with E-state index >= 15 is 0 Å². The number of nitrogens with zero attached hydrogens (tertiary/aromatic N) is 4. The average molecular weight is 290 g/mol. The van der Waals surface area contributed by atoms with Gasteiger partial charge in [-0.3, -0.25) is 39.6 Å². The molecule has 1 fully saturated rings. The van der Waals surface area contributed by atoms with Gasteiger partial charge in [0.1, 0.15) is 9.85 Å². The van der Waals surface area contributed by atoms with Crippen LogP contribution in [-0.2, 0) is 9.59 Å². The SMILES string of the molecule is CC(=O)N1C(=C([N+](=O)[O-])[N+](=O)[O-])N(C(C)=O)C(O)C1O. The molecule has 0 bridgehead atoms. The van der Waals surface area contributed by atoms with Crippen LogP contribution in [0.1, 0.15) is 13.8 Å². The lowest BCUT2D eigenvalue weighted by molar-refractivity contribution is -0.619. The van der Waals surface area contributed by atoms with Crippen LogP contribution in [0.4, 0.5) is 0 Å². The number of aliphatic hydroxyl groups excluding tert-OH is 2. The Hall–Kier alpha value is -2.60. The van der Waals surface area contributed by atoms with Crippen molar-refractivity contribution in [1.29, 1.82) is 0 Å². The lowest BCUT2D eigenvalue weighted by Crippen LogP contribution is -2.39. The van der Waals surface area contributed by atoms with Gasteiger partial charge in [-0.05, 0) is 0 Å². The molecule has 1 aliphatic heterocycles. The topological polar surface area (TPSA) is 167 Å². The number of carbonyl (C=O) groups is 2. The Bertz CT molecular complexity index is 485. The third-order valence-corrected chi connectivity index (χ3v) is 2.48. The fourth-order valence-electron chi connectivity index (χ4n) is 1.75. The second-order valence-corrected chi connectivity index (χ2v) is 3.77. The predicted octanol–water partition coefficient (Wildman–Crippen LogP) is -1.99. The van der Waals surface area contributed by atoms with Crippen molar-refractivity contribution in [3.05, 3.63) is 31.9 Å². The zero-order valence-electron chi connectivity index (χ0n) is 10.3. The van der Waals surface area contributed by atoms with Crippen LogP contribution in [0.25, 0.3) is 0 Å². The van der Waals surface area contributed by atoms with Crippen molar-refractivity contribution in [1.82, 2.24) is 9.80 Å². The van der Waals surface area contributed by atoms with E-state index in [0.29, 0.717) is 0 Å². The van der Waals surface area contributed by atoms with Gasteiger partial charge in [0.2, 0.25) is 11.8 Å². The lowest BCUT2D eigenvalue weighted by atomic mass is 10.4. The lowest BCUT2D eigenvalue weighted by Gasteiger charge is -2.16. The number of amides is 2. The molecule has 0 aromatic heterocycles. The zero-order valence-corrected chi connectivity index (χ0v) is 10.3. The van der Waals surface area contributed by atoms with E-state index in [1.54, 1.807) is 0 Å². The van der Waals surface area contributed by atoms with E-state index in [1.165, 1.54) is 0 Å². The summed E-state index contributed by atoms with van der Waals surface area (Å²) in [6.45, 7) is 1.72. The standard InChI is InChI=1S/C8H10N4O8/c1-3(13)9-5(6(11(17)18)12(19)20)10(4(2)14)8(16)7(9)15/h7-8,15-16H,1-2H3. The second-order valence-electron chi connectivity index (χ2n) is 3.77. The summed E-state index contributed by atoms with van der Waals surface area (Å²) in [5.74, 6) is -4.82. The number of nitro groups is 2. The molecule has 1 heterocycles. The first-order valence-corrected chi connectivity index (χ1v) is 5.10. The van der Waals surface area contributed by atoms with Crippen LogP contribution in [0, 0.1) is 20.2 Å². The van der Waals surface area contributed by atoms with Crippen LogP contribution in [0.2, 0.25) is 0 Å². The van der Waals surface area contributed by atoms with E-state index in [9.17, 15) is 40.0 Å². The van der Waals surface area contributed by atoms with Gasteiger partial charge in [0.25, 0.3) is 5.82 Å². The second kappa shape index (κ2) is 5.18. The Morgan fingerprint density at radius 3 is 1.50 bits per heavy atom. The van der Waals surface area contributed by atoms with Crippen molar-refractivity contribution in [3.63, 3.8) is 0 Å². The normalized spacial score (nSPS) is 21.9. The monoisotopic (exact) mass is 290 g/mol. The van der Waals surface area contributed by atoms with E-state index in [1.807, 2.05) is 0 Å². The molecule has 2 unspecified atom stereocenters. The van der Waals surface area contributed by atoms with Gasteiger partial charge in [0, 0.05) is 13.8 Å². The van der Waals surface area contributed by atoms with Crippen LogP contribution in [0.3, 0.4) is 0 Å². The van der Waals surface area contributed by atoms with Crippen molar-refractivity contribution >= 4 is 11.8 Å². The van der Waals surface area contributed by atoms with Crippen LogP contribution in [0.5, 0.6) is 0 Å². The molecule has 2 atom stereocenters. The zero-order chi connectivity index (χ0) is 15.8. The molecule has 1 rings (SSSR count). The Labute approximate surface area is 110 Å². The number of carbonyl (C=O) groups excluding carboxylic acids is 2. The largest absolute Gasteiger partial charge is 0.600 e. The van der Waals surface area contributed by atoms with Gasteiger partial charge < -0.3 is 10.2 Å². The van der Waals surface area contributed by atoms with Crippen molar-refractivity contribution in [3.8, 4) is 0 Å². The van der Waals surface area contributed by atoms with Crippen LogP contribution >= 0.6 is 0 Å². The number of hydrogen-bond donors (Lipinski definition) is 2. The predicted molar refractivity (Wildman–Crippen MR) is 58.1 cm³/mol. The molecule has 0 spiro atoms. The summed E-state index contributed by atoms with van der Waals surface area (Å²) in [6, 6.07) is 0. The molecule has 0 aliphatic carbocycles. The maximum absolute atomic E-state index is 11.4. The van der Waals surface area contributed by atoms with Crippen molar-refractivity contribution in [2.75, 3.05) is 0 Å². The highest BCUT2D eigenvalue weighted by Gasteiger charge is 2.54. The first-order chi connectivity index (χ1) is 9.11. The quantitative estimate of drug-likeness (QED) is 0.435. The molecule has 2 N–H and O–H groups in total. The third-order valence-electron chi connectivity index (χ3n) is 2.48. The Kier molecular flexibility index (Phi) is 4.00. The van der Waals surface area contributed by atoms with Gasteiger partial charge in [-0.25, -0.2) is 0 Å². The molecule has 0 aromatic rings. The van der Waals surface area contributed by atoms with Gasteiger partial charge in [-0.1, -0.05) is 0 Å². The summed E-state index contributed by atoms with van der Waals surface area (Å²) in [6.07, 6.45) is -4.08. The average Bonchev–Trinajstić information content (AvgIpc) is 2.50. The summed E-state index contributed by atoms with van der Waals surface area (Å²) >= 11 is 0. The maximum Gasteiger partial charge on any atom is 0.600 e. The minimum atomic E-state index is -2.04. The van der Waals surface area contributed by atoms with E-state index in [2.05, 4.69) is 0 Å². The van der Waals surface area contributed by atoms with Gasteiger partial charge in [-0.2, -0.15) is 0 Å². The Balaban J connectivity index is 3.67. The fraction of sp³-hybridized carbons (Fsp3) is 0.500. The summed E-state index contributed by atoms with van der Waals surface area (Å²) < 4.78 is 0. The molecule has 0 radical (unpaired) electrons. The smallest absolute Gasteiger partial charge is 0.369 e. The first-order valence-electron chi connectivity index (χ1n) is 5.10. The first kappa shape index (κ1) is 15.5. The van der Waals surface area contributed by atoms with E-state index < -0.39 is 45.8 Å². The van der Waals surface area contributed by atoms with Gasteiger partial charge in [-0.15, -0.1) is 0 Å². The van der Waals surface area contributed by atoms with Crippen LogP contribution in [-0.4, -0.2) is 54.1 Å². The van der Waals surface area contributed by atoms with Gasteiger partial charge in [0.15, 0.2) is 12.5 Å². The summed E-state index contributed by atoms with van der Waals surface area (Å²) in [4.78, 5) is 41.8. The maximum atomic E-state index is 11.4. The molecule has 2 amide bonds. The highest BCUT2D eigenvalue weighted by atomic mass is 16.7. The number of aliphatic hydroxyl groups is 2. The van der Waals surface area contributed by atoms with Crippen molar-refractivity contribution in [2.24, 2.45) is 0 Å². The summed E-state index contributed by atoms with van der Waals surface area (Å²) in [7, 11) is 0. The molecule has 1 aliphatic rings. The summed E-state index contributed by atoms with van der Waals surface area (Å²) in [5.41, 5.74) is 0. The summed E-state index contributed by atoms with van der Waals surface area (Å²) in [5, 5.41) is 40.7. The molecule has 0 aromatic carbocycles. The molecule has 12 heteroatoms. The highest BCUT2D eigenvalue weighted by molar-refractivity contribution is 5.81. The van der Waals surface area contributed by atoms with Crippen LogP contribution < -0.4 is 0 Å². The third kappa shape index (κ3) is 2.28. The number of hydrogen-bond acceptors (Lipinski definition) is 8. The molecular formula is C8H10N4O8. The molecule has 12 nitrogen and oxygen atoms in total. The van der Waals surface area contributed by atoms with E-state index in [0.717, 1.165) is 13.8 Å². The molecule has 20 heavy (non-hydrogen) atoms. The molecule has 1 saturated heterocycles. The fourth-order valence-corrected chi connectivity index (χ4v) is 1.75. The van der Waals surface area contributed by atoms with Crippen molar-refractivity contribution < 1.29 is 29.6 Å².